The highest BCUT2D eigenvalue weighted by molar-refractivity contribution is 7.39. The smallest absolute Gasteiger partial charge is 0.342 e. The Kier molecular flexibility index (Phi) is 5.06. The molecule has 2 aromatic heterocycles. The molecule has 1 N–H and O–H groups in total. The van der Waals surface area contributed by atoms with Crippen LogP contribution in [0.1, 0.15) is 40.4 Å². The number of pyridine rings is 1. The third-order valence-electron chi connectivity index (χ3n) is 4.80. The molecule has 0 fully saturated rings. The van der Waals surface area contributed by atoms with Crippen LogP contribution in [0.4, 0.5) is 19.0 Å². The van der Waals surface area contributed by atoms with Crippen LogP contribution in [0.5, 0.6) is 0 Å². The highest BCUT2D eigenvalue weighted by Crippen LogP contribution is 2.41. The van der Waals surface area contributed by atoms with E-state index in [1.807, 2.05) is 18.4 Å². The molecule has 0 amide bonds. The van der Waals surface area contributed by atoms with Crippen LogP contribution in [0.25, 0.3) is 0 Å². The van der Waals surface area contributed by atoms with Crippen molar-refractivity contribution in [1.82, 2.24) is 15.0 Å². The van der Waals surface area contributed by atoms with Crippen molar-refractivity contribution in [3.05, 3.63) is 50.8 Å². The zero-order chi connectivity index (χ0) is 19.1. The summed E-state index contributed by atoms with van der Waals surface area (Å²) in [5.41, 5.74) is 0.491. The van der Waals surface area contributed by atoms with E-state index in [1.54, 1.807) is 0 Å². The van der Waals surface area contributed by atoms with Crippen LogP contribution in [-0.4, -0.2) is 28.7 Å². The number of fused-ring (bicyclic) bond motifs is 1. The summed E-state index contributed by atoms with van der Waals surface area (Å²) in [6.45, 7) is 3.42. The number of rotatable bonds is 3. The molecule has 1 aliphatic rings. The number of nitrogens with one attached hydrogen (secondary N) is 1. The topological polar surface area (TPSA) is 61.9 Å². The van der Waals surface area contributed by atoms with E-state index in [0.29, 0.717) is 38.6 Å². The molecule has 1 aliphatic carbocycles. The third kappa shape index (κ3) is 3.47. The quantitative estimate of drug-likeness (QED) is 0.824. The van der Waals surface area contributed by atoms with E-state index in [1.165, 1.54) is 19.3 Å². The van der Waals surface area contributed by atoms with Gasteiger partial charge in [-0.05, 0) is 53.2 Å². The lowest BCUT2D eigenvalue weighted by molar-refractivity contribution is -0.139. The van der Waals surface area contributed by atoms with Crippen molar-refractivity contribution in [1.29, 1.82) is 0 Å². The Morgan fingerprint density at radius 2 is 2.12 bits per heavy atom. The van der Waals surface area contributed by atoms with Gasteiger partial charge in [-0.3, -0.25) is 4.79 Å². The maximum Gasteiger partial charge on any atom is 0.418 e. The minimum absolute atomic E-state index is 0.0605. The summed E-state index contributed by atoms with van der Waals surface area (Å²) in [7, 11) is 2.21. The summed E-state index contributed by atoms with van der Waals surface area (Å²) in [4.78, 5) is 23.0. The van der Waals surface area contributed by atoms with Gasteiger partial charge in [-0.15, -0.1) is 0 Å². The number of H-pyrrole nitrogens is 1. The predicted molar refractivity (Wildman–Crippen MR) is 96.2 cm³/mol. The minimum Gasteiger partial charge on any atom is -0.342 e. The average molecular weight is 384 g/mol. The average Bonchev–Trinajstić information content (AvgIpc) is 2.59. The fourth-order valence-corrected chi connectivity index (χ4v) is 3.76. The van der Waals surface area contributed by atoms with E-state index in [2.05, 4.69) is 15.0 Å². The Bertz CT molecular complexity index is 881. The maximum absolute atomic E-state index is 13.7. The number of hydrogen-bond acceptors (Lipinski definition) is 4. The van der Waals surface area contributed by atoms with Crippen LogP contribution in [0.2, 0.25) is 0 Å². The summed E-state index contributed by atoms with van der Waals surface area (Å²) >= 11 is 0. The molecule has 2 atom stereocenters. The summed E-state index contributed by atoms with van der Waals surface area (Å²) < 4.78 is 43.0. The number of halogens is 3. The van der Waals surface area contributed by atoms with Crippen LogP contribution >= 0.6 is 8.73 Å². The van der Waals surface area contributed by atoms with E-state index >= 15 is 0 Å². The Morgan fingerprint density at radius 1 is 1.38 bits per heavy atom. The van der Waals surface area contributed by atoms with Gasteiger partial charge in [0.1, 0.15) is 5.82 Å². The summed E-state index contributed by atoms with van der Waals surface area (Å²) in [6.07, 6.45) is -2.04. The summed E-state index contributed by atoms with van der Waals surface area (Å²) in [5, 5.41) is 0. The molecule has 2 aromatic rings. The second-order valence-electron chi connectivity index (χ2n) is 6.43. The van der Waals surface area contributed by atoms with Gasteiger partial charge in [0.15, 0.2) is 0 Å². The standard InChI is InChI=1S/C17H20F3N4OP/c1-9-6-13(24(2)26-3)23-15(14(9)17(18,19)20)10-4-5-11-12(7-10)21-8-22-16(11)25/h6,8,10,26H,4-5,7H2,1-3H3,(H,21,22,25). The van der Waals surface area contributed by atoms with Crippen molar-refractivity contribution in [2.75, 3.05) is 18.4 Å². The fraction of sp³-hybridized carbons (Fsp3) is 0.471. The second kappa shape index (κ2) is 6.99. The normalized spacial score (nSPS) is 17.5. The van der Waals surface area contributed by atoms with Gasteiger partial charge in [-0.1, -0.05) is 0 Å². The molecule has 5 nitrogen and oxygen atoms in total. The Hall–Kier alpha value is -1.95. The van der Waals surface area contributed by atoms with Crippen LogP contribution < -0.4 is 10.2 Å². The molecule has 2 heterocycles. The molecule has 0 spiro atoms. The molecular formula is C17H20F3N4OP. The van der Waals surface area contributed by atoms with Crippen LogP contribution in [0.3, 0.4) is 0 Å². The highest BCUT2D eigenvalue weighted by Gasteiger charge is 2.39. The molecule has 9 heteroatoms. The molecule has 0 radical (unpaired) electrons. The van der Waals surface area contributed by atoms with Gasteiger partial charge in [0.05, 0.1) is 23.3 Å². The number of nitrogens with zero attached hydrogens (tertiary/aromatic N) is 3. The molecule has 0 saturated heterocycles. The van der Waals surface area contributed by atoms with E-state index in [9.17, 15) is 18.0 Å². The van der Waals surface area contributed by atoms with Crippen LogP contribution in [0, 0.1) is 6.92 Å². The van der Waals surface area contributed by atoms with Gasteiger partial charge in [0.25, 0.3) is 5.56 Å². The van der Waals surface area contributed by atoms with Gasteiger partial charge >= 0.3 is 6.18 Å². The molecule has 26 heavy (non-hydrogen) atoms. The Balaban J connectivity index is 2.11. The van der Waals surface area contributed by atoms with E-state index in [0.717, 1.165) is 0 Å². The zero-order valence-electron chi connectivity index (χ0n) is 14.7. The zero-order valence-corrected chi connectivity index (χ0v) is 15.7. The number of aromatic nitrogens is 3. The molecule has 140 valence electrons. The van der Waals surface area contributed by atoms with Gasteiger partial charge in [0.2, 0.25) is 0 Å². The van der Waals surface area contributed by atoms with E-state index in [-0.39, 0.29) is 23.2 Å². The minimum atomic E-state index is -4.47. The summed E-state index contributed by atoms with van der Waals surface area (Å²) in [6, 6.07) is 1.49. The first-order chi connectivity index (χ1) is 12.2. The SMILES string of the molecule is CPN(C)c1cc(C)c(C(F)(F)F)c(C2CCc3c(nc[nH]c3=O)C2)n1. The van der Waals surface area contributed by atoms with Gasteiger partial charge in [0, 0.05) is 18.5 Å². The molecule has 0 bridgehead atoms. The van der Waals surface area contributed by atoms with Crippen molar-refractivity contribution in [3.8, 4) is 0 Å². The molecule has 0 aromatic carbocycles. The van der Waals surface area contributed by atoms with Crippen molar-refractivity contribution >= 4 is 14.5 Å². The number of aryl methyl sites for hydroxylation is 1. The Morgan fingerprint density at radius 3 is 2.77 bits per heavy atom. The Labute approximate surface area is 150 Å². The fourth-order valence-electron chi connectivity index (χ4n) is 3.42. The molecule has 3 rings (SSSR count). The molecule has 0 saturated carbocycles. The van der Waals surface area contributed by atoms with Gasteiger partial charge in [-0.2, -0.15) is 13.2 Å². The van der Waals surface area contributed by atoms with E-state index < -0.39 is 17.7 Å². The van der Waals surface area contributed by atoms with Crippen molar-refractivity contribution in [2.45, 2.75) is 38.3 Å². The van der Waals surface area contributed by atoms with Gasteiger partial charge in [-0.25, -0.2) is 9.97 Å². The maximum atomic E-state index is 13.7. The number of anilines is 1. The van der Waals surface area contributed by atoms with Crippen LogP contribution in [-0.2, 0) is 19.0 Å². The molecule has 2 unspecified atom stereocenters. The number of hydrogen-bond donors (Lipinski definition) is 1. The lowest BCUT2D eigenvalue weighted by atomic mass is 9.82. The highest BCUT2D eigenvalue weighted by atomic mass is 31.1. The number of alkyl halides is 3. The van der Waals surface area contributed by atoms with Crippen molar-refractivity contribution < 1.29 is 13.2 Å². The lowest BCUT2D eigenvalue weighted by Gasteiger charge is -2.28. The van der Waals surface area contributed by atoms with Crippen LogP contribution in [0.15, 0.2) is 17.2 Å². The first kappa shape index (κ1) is 18.8. The monoisotopic (exact) mass is 384 g/mol. The third-order valence-corrected chi connectivity index (χ3v) is 5.70. The largest absolute Gasteiger partial charge is 0.418 e. The first-order valence-electron chi connectivity index (χ1n) is 8.27. The number of aromatic amines is 1. The first-order valence-corrected chi connectivity index (χ1v) is 9.72. The molecular weight excluding hydrogens is 364 g/mol. The predicted octanol–water partition coefficient (Wildman–Crippen LogP) is 3.42. The lowest BCUT2D eigenvalue weighted by Crippen LogP contribution is -2.26. The summed E-state index contributed by atoms with van der Waals surface area (Å²) in [5.74, 6) is 0.122. The second-order valence-corrected chi connectivity index (χ2v) is 7.55. The van der Waals surface area contributed by atoms with E-state index in [4.69, 9.17) is 0 Å². The molecule has 0 aliphatic heterocycles. The van der Waals surface area contributed by atoms with Gasteiger partial charge < -0.3 is 9.65 Å². The van der Waals surface area contributed by atoms with Crippen molar-refractivity contribution in [2.24, 2.45) is 0 Å². The van der Waals surface area contributed by atoms with Crippen molar-refractivity contribution in [3.63, 3.8) is 0 Å².